The van der Waals surface area contributed by atoms with E-state index in [1.807, 2.05) is 0 Å². The van der Waals surface area contributed by atoms with Gasteiger partial charge in [-0.3, -0.25) is 4.79 Å². The highest BCUT2D eigenvalue weighted by Crippen LogP contribution is 2.32. The number of carbonyl (C=O) groups is 1. The Morgan fingerprint density at radius 2 is 1.95 bits per heavy atom. The van der Waals surface area contributed by atoms with Crippen LogP contribution < -0.4 is 5.32 Å². The Morgan fingerprint density at radius 1 is 1.29 bits per heavy atom. The van der Waals surface area contributed by atoms with Gasteiger partial charge in [0.2, 0.25) is 5.91 Å². The first-order chi connectivity index (χ1) is 10.0. The van der Waals surface area contributed by atoms with Gasteiger partial charge >= 0.3 is 0 Å². The maximum atomic E-state index is 12.1. The van der Waals surface area contributed by atoms with E-state index in [4.69, 9.17) is 0 Å². The minimum absolute atomic E-state index is 0.297. The van der Waals surface area contributed by atoms with Gasteiger partial charge in [0.05, 0.1) is 10.7 Å². The lowest BCUT2D eigenvalue weighted by Crippen LogP contribution is -2.46. The summed E-state index contributed by atoms with van der Waals surface area (Å²) in [4.78, 5) is 20.1. The van der Waals surface area contributed by atoms with Crippen LogP contribution in [-0.4, -0.2) is 34.9 Å². The molecule has 116 valence electrons. The SMILES string of the molecule is Cc1nc(C(C)NC2CCN(C(=O)C3CC3)CC2)c(C)s1. The summed E-state index contributed by atoms with van der Waals surface area (Å²) < 4.78 is 0. The molecule has 1 saturated heterocycles. The van der Waals surface area contributed by atoms with Gasteiger partial charge in [0.25, 0.3) is 0 Å². The van der Waals surface area contributed by atoms with Gasteiger partial charge in [-0.15, -0.1) is 11.3 Å². The topological polar surface area (TPSA) is 45.2 Å². The summed E-state index contributed by atoms with van der Waals surface area (Å²) in [7, 11) is 0. The summed E-state index contributed by atoms with van der Waals surface area (Å²) >= 11 is 1.77. The summed E-state index contributed by atoms with van der Waals surface area (Å²) in [5.41, 5.74) is 1.19. The molecule has 4 nitrogen and oxygen atoms in total. The second-order valence-corrected chi connectivity index (χ2v) is 7.84. The summed E-state index contributed by atoms with van der Waals surface area (Å²) in [6.45, 7) is 8.23. The second-order valence-electron chi connectivity index (χ2n) is 6.44. The van der Waals surface area contributed by atoms with Crippen molar-refractivity contribution in [2.24, 2.45) is 5.92 Å². The molecule has 2 fully saturated rings. The van der Waals surface area contributed by atoms with E-state index in [-0.39, 0.29) is 0 Å². The van der Waals surface area contributed by atoms with Crippen molar-refractivity contribution in [2.45, 2.75) is 58.5 Å². The predicted octanol–water partition coefficient (Wildman–Crippen LogP) is 2.81. The molecule has 1 saturated carbocycles. The van der Waals surface area contributed by atoms with Crippen LogP contribution in [0.2, 0.25) is 0 Å². The monoisotopic (exact) mass is 307 g/mol. The van der Waals surface area contributed by atoms with Crippen LogP contribution in [0.3, 0.4) is 0 Å². The van der Waals surface area contributed by atoms with E-state index in [1.165, 1.54) is 10.6 Å². The van der Waals surface area contributed by atoms with Gasteiger partial charge in [0.1, 0.15) is 0 Å². The number of piperidine rings is 1. The Balaban J connectivity index is 1.50. The molecule has 1 aromatic rings. The predicted molar refractivity (Wildman–Crippen MR) is 85.5 cm³/mol. The van der Waals surface area contributed by atoms with Crippen LogP contribution >= 0.6 is 11.3 Å². The van der Waals surface area contributed by atoms with Gasteiger partial charge in [-0.2, -0.15) is 0 Å². The largest absolute Gasteiger partial charge is 0.342 e. The number of nitrogens with zero attached hydrogens (tertiary/aromatic N) is 2. The second kappa shape index (κ2) is 6.05. The molecule has 3 rings (SSSR count). The molecule has 2 heterocycles. The first-order valence-corrected chi connectivity index (χ1v) is 8.85. The van der Waals surface area contributed by atoms with Crippen LogP contribution in [0.5, 0.6) is 0 Å². The van der Waals surface area contributed by atoms with Crippen molar-refractivity contribution < 1.29 is 4.79 Å². The molecule has 21 heavy (non-hydrogen) atoms. The van der Waals surface area contributed by atoms with Crippen molar-refractivity contribution in [3.05, 3.63) is 15.6 Å². The number of hydrogen-bond acceptors (Lipinski definition) is 4. The quantitative estimate of drug-likeness (QED) is 0.930. The minimum Gasteiger partial charge on any atom is -0.342 e. The first-order valence-electron chi connectivity index (χ1n) is 8.03. The molecule has 1 aliphatic carbocycles. The minimum atomic E-state index is 0.297. The zero-order valence-electron chi connectivity index (χ0n) is 13.2. The zero-order chi connectivity index (χ0) is 15.0. The highest BCUT2D eigenvalue weighted by molar-refractivity contribution is 7.11. The first kappa shape index (κ1) is 15.0. The summed E-state index contributed by atoms with van der Waals surface area (Å²) in [5.74, 6) is 0.751. The zero-order valence-corrected chi connectivity index (χ0v) is 14.0. The molecule has 2 aliphatic rings. The Hall–Kier alpha value is -0.940. The Labute approximate surface area is 130 Å². The molecular formula is C16H25N3OS. The van der Waals surface area contributed by atoms with Crippen molar-refractivity contribution in [3.63, 3.8) is 0 Å². The van der Waals surface area contributed by atoms with Gasteiger partial charge in [-0.25, -0.2) is 4.98 Å². The number of likely N-dealkylation sites (tertiary alicyclic amines) is 1. The van der Waals surface area contributed by atoms with Crippen molar-refractivity contribution in [3.8, 4) is 0 Å². The van der Waals surface area contributed by atoms with E-state index < -0.39 is 0 Å². The fraction of sp³-hybridized carbons (Fsp3) is 0.750. The Morgan fingerprint density at radius 3 is 2.48 bits per heavy atom. The summed E-state index contributed by atoms with van der Waals surface area (Å²) in [6, 6.07) is 0.801. The van der Waals surface area contributed by atoms with Crippen LogP contribution in [0.25, 0.3) is 0 Å². The molecule has 1 amide bonds. The molecule has 1 aromatic heterocycles. The van der Waals surface area contributed by atoms with Crippen molar-refractivity contribution in [1.29, 1.82) is 0 Å². The molecule has 0 bridgehead atoms. The van der Waals surface area contributed by atoms with E-state index in [1.54, 1.807) is 11.3 Å². The van der Waals surface area contributed by atoms with Gasteiger partial charge < -0.3 is 10.2 Å². The molecule has 0 radical (unpaired) electrons. The maximum absolute atomic E-state index is 12.1. The number of amides is 1. The maximum Gasteiger partial charge on any atom is 0.225 e. The van der Waals surface area contributed by atoms with Crippen LogP contribution in [0.15, 0.2) is 0 Å². The van der Waals surface area contributed by atoms with E-state index in [9.17, 15) is 4.79 Å². The third-order valence-corrected chi connectivity index (χ3v) is 5.47. The lowest BCUT2D eigenvalue weighted by atomic mass is 10.0. The number of carbonyl (C=O) groups excluding carboxylic acids is 1. The van der Waals surface area contributed by atoms with Crippen molar-refractivity contribution >= 4 is 17.2 Å². The highest BCUT2D eigenvalue weighted by atomic mass is 32.1. The molecule has 1 aliphatic heterocycles. The number of aromatic nitrogens is 1. The van der Waals surface area contributed by atoms with Crippen LogP contribution in [0, 0.1) is 19.8 Å². The molecule has 0 spiro atoms. The number of aryl methyl sites for hydroxylation is 2. The van der Waals surface area contributed by atoms with E-state index in [0.717, 1.165) is 43.8 Å². The van der Waals surface area contributed by atoms with Gasteiger partial charge in [0, 0.05) is 36.0 Å². The van der Waals surface area contributed by atoms with Crippen LogP contribution in [-0.2, 0) is 4.79 Å². The number of rotatable bonds is 4. The number of nitrogens with one attached hydrogen (secondary N) is 1. The van der Waals surface area contributed by atoms with Gasteiger partial charge in [-0.1, -0.05) is 0 Å². The third kappa shape index (κ3) is 3.46. The van der Waals surface area contributed by atoms with E-state index in [2.05, 4.69) is 36.0 Å². The van der Waals surface area contributed by atoms with Gasteiger partial charge in [-0.05, 0) is 46.5 Å². The fourth-order valence-electron chi connectivity index (χ4n) is 3.23. The molecule has 5 heteroatoms. The molecular weight excluding hydrogens is 282 g/mol. The standard InChI is InChI=1S/C16H25N3OS/c1-10(15-11(2)21-12(3)18-15)17-14-6-8-19(9-7-14)16(20)13-4-5-13/h10,13-14,17H,4-9H2,1-3H3. The highest BCUT2D eigenvalue weighted by Gasteiger charge is 2.35. The van der Waals surface area contributed by atoms with E-state index >= 15 is 0 Å². The summed E-state index contributed by atoms with van der Waals surface area (Å²) in [6.07, 6.45) is 4.34. The Kier molecular flexibility index (Phi) is 4.31. The van der Waals surface area contributed by atoms with E-state index in [0.29, 0.717) is 23.9 Å². The number of thiazole rings is 1. The lowest BCUT2D eigenvalue weighted by Gasteiger charge is -2.34. The Bertz CT molecular complexity index is 516. The van der Waals surface area contributed by atoms with Crippen molar-refractivity contribution in [1.82, 2.24) is 15.2 Å². The van der Waals surface area contributed by atoms with Crippen LogP contribution in [0.4, 0.5) is 0 Å². The summed E-state index contributed by atoms with van der Waals surface area (Å²) in [5, 5.41) is 4.84. The van der Waals surface area contributed by atoms with Gasteiger partial charge in [0.15, 0.2) is 0 Å². The molecule has 1 unspecified atom stereocenters. The molecule has 1 N–H and O–H groups in total. The third-order valence-electron chi connectivity index (χ3n) is 4.57. The normalized spacial score (nSPS) is 21.6. The average molecular weight is 307 g/mol. The van der Waals surface area contributed by atoms with Crippen molar-refractivity contribution in [2.75, 3.05) is 13.1 Å². The smallest absolute Gasteiger partial charge is 0.225 e. The lowest BCUT2D eigenvalue weighted by molar-refractivity contribution is -0.133. The average Bonchev–Trinajstić information content (AvgIpc) is 3.24. The fourth-order valence-corrected chi connectivity index (χ4v) is 4.15. The molecule has 0 aromatic carbocycles. The molecule has 1 atom stereocenters. The van der Waals surface area contributed by atoms with Crippen LogP contribution in [0.1, 0.15) is 54.2 Å². The number of hydrogen-bond donors (Lipinski definition) is 1.